The van der Waals surface area contributed by atoms with Crippen molar-refractivity contribution in [2.45, 2.75) is 76.4 Å². The lowest BCUT2D eigenvalue weighted by Crippen LogP contribution is -2.56. The number of likely N-dealkylation sites (tertiary alicyclic amines) is 1. The van der Waals surface area contributed by atoms with Gasteiger partial charge in [0.05, 0.1) is 7.11 Å². The van der Waals surface area contributed by atoms with E-state index in [1.54, 1.807) is 0 Å². The standard InChI is InChI=1S/C17H32N2O2/c1-13(12-17(2,18-3)16(20)21-4)19-11-7-9-14-8-5-6-10-15(14)19/h13-15,18H,5-12H2,1-4H3. The summed E-state index contributed by atoms with van der Waals surface area (Å²) in [5.74, 6) is 0.725. The van der Waals surface area contributed by atoms with E-state index in [4.69, 9.17) is 4.74 Å². The first-order valence-corrected chi connectivity index (χ1v) is 8.55. The number of nitrogens with one attached hydrogen (secondary N) is 1. The zero-order valence-electron chi connectivity index (χ0n) is 14.2. The Morgan fingerprint density at radius 1 is 1.33 bits per heavy atom. The van der Waals surface area contributed by atoms with Gasteiger partial charge in [0.15, 0.2) is 0 Å². The van der Waals surface area contributed by atoms with Crippen molar-refractivity contribution in [2.24, 2.45) is 5.92 Å². The number of carbonyl (C=O) groups is 1. The fraction of sp³-hybridized carbons (Fsp3) is 0.941. The molecule has 1 saturated carbocycles. The van der Waals surface area contributed by atoms with E-state index in [1.807, 2.05) is 14.0 Å². The Morgan fingerprint density at radius 2 is 2.00 bits per heavy atom. The molecule has 4 atom stereocenters. The summed E-state index contributed by atoms with van der Waals surface area (Å²) in [5.41, 5.74) is -0.588. The molecule has 21 heavy (non-hydrogen) atoms. The highest BCUT2D eigenvalue weighted by atomic mass is 16.5. The highest BCUT2D eigenvalue weighted by Gasteiger charge is 2.40. The van der Waals surface area contributed by atoms with Gasteiger partial charge >= 0.3 is 5.97 Å². The summed E-state index contributed by atoms with van der Waals surface area (Å²) in [5, 5.41) is 3.17. The second-order valence-corrected chi connectivity index (χ2v) is 7.12. The second kappa shape index (κ2) is 7.10. The fourth-order valence-electron chi connectivity index (χ4n) is 4.43. The molecule has 2 aliphatic rings. The van der Waals surface area contributed by atoms with Gasteiger partial charge in [0.1, 0.15) is 5.54 Å². The monoisotopic (exact) mass is 296 g/mol. The number of hydrogen-bond donors (Lipinski definition) is 1. The van der Waals surface area contributed by atoms with Crippen LogP contribution in [0.5, 0.6) is 0 Å². The maximum atomic E-state index is 12.1. The molecule has 1 aliphatic carbocycles. The summed E-state index contributed by atoms with van der Waals surface area (Å²) in [4.78, 5) is 14.7. The molecule has 0 aromatic carbocycles. The zero-order chi connectivity index (χ0) is 15.5. The van der Waals surface area contributed by atoms with Crippen LogP contribution in [0.15, 0.2) is 0 Å². The molecule has 0 aromatic heterocycles. The predicted octanol–water partition coefficient (Wildman–Crippen LogP) is 2.57. The van der Waals surface area contributed by atoms with Gasteiger partial charge in [-0.05, 0) is 65.5 Å². The maximum Gasteiger partial charge on any atom is 0.325 e. The molecule has 1 N–H and O–H groups in total. The second-order valence-electron chi connectivity index (χ2n) is 7.12. The first-order chi connectivity index (χ1) is 10.0. The van der Waals surface area contributed by atoms with Gasteiger partial charge in [-0.3, -0.25) is 9.69 Å². The predicted molar refractivity (Wildman–Crippen MR) is 85.2 cm³/mol. The number of fused-ring (bicyclic) bond motifs is 1. The van der Waals surface area contributed by atoms with E-state index in [2.05, 4.69) is 17.1 Å². The minimum Gasteiger partial charge on any atom is -0.468 e. The first kappa shape index (κ1) is 16.8. The van der Waals surface area contributed by atoms with Gasteiger partial charge in [-0.15, -0.1) is 0 Å². The Kier molecular flexibility index (Phi) is 5.67. The molecule has 4 heteroatoms. The average molecular weight is 296 g/mol. The molecule has 1 heterocycles. The highest BCUT2D eigenvalue weighted by Crippen LogP contribution is 2.37. The minimum absolute atomic E-state index is 0.158. The molecule has 0 spiro atoms. The molecule has 2 fully saturated rings. The summed E-state index contributed by atoms with van der Waals surface area (Å²) >= 11 is 0. The van der Waals surface area contributed by atoms with Gasteiger partial charge < -0.3 is 10.1 Å². The van der Waals surface area contributed by atoms with Crippen LogP contribution in [0.2, 0.25) is 0 Å². The van der Waals surface area contributed by atoms with E-state index in [0.29, 0.717) is 6.04 Å². The van der Waals surface area contributed by atoms with Crippen LogP contribution in [0.4, 0.5) is 0 Å². The van der Waals surface area contributed by atoms with Crippen LogP contribution >= 0.6 is 0 Å². The number of piperidine rings is 1. The van der Waals surface area contributed by atoms with E-state index in [1.165, 1.54) is 52.2 Å². The van der Waals surface area contributed by atoms with Gasteiger partial charge in [-0.25, -0.2) is 0 Å². The van der Waals surface area contributed by atoms with Crippen LogP contribution in [0.3, 0.4) is 0 Å². The van der Waals surface area contributed by atoms with Crippen molar-refractivity contribution in [3.63, 3.8) is 0 Å². The number of esters is 1. The minimum atomic E-state index is -0.588. The number of methoxy groups -OCH3 is 1. The Balaban J connectivity index is 2.04. The van der Waals surface area contributed by atoms with Crippen molar-refractivity contribution >= 4 is 5.97 Å². The quantitative estimate of drug-likeness (QED) is 0.792. The van der Waals surface area contributed by atoms with Crippen molar-refractivity contribution in [3.8, 4) is 0 Å². The van der Waals surface area contributed by atoms with Crippen LogP contribution in [-0.4, -0.2) is 49.2 Å². The van der Waals surface area contributed by atoms with E-state index in [-0.39, 0.29) is 5.97 Å². The summed E-state index contributed by atoms with van der Waals surface area (Å²) in [7, 11) is 3.32. The van der Waals surface area contributed by atoms with Crippen LogP contribution in [0, 0.1) is 5.92 Å². The van der Waals surface area contributed by atoms with Crippen molar-refractivity contribution in [3.05, 3.63) is 0 Å². The largest absolute Gasteiger partial charge is 0.468 e. The normalized spacial score (nSPS) is 31.0. The number of ether oxygens (including phenoxy) is 1. The van der Waals surface area contributed by atoms with Crippen molar-refractivity contribution in [1.82, 2.24) is 10.2 Å². The van der Waals surface area contributed by atoms with Gasteiger partial charge in [-0.2, -0.15) is 0 Å². The summed E-state index contributed by atoms with van der Waals surface area (Å²) in [6.07, 6.45) is 9.01. The van der Waals surface area contributed by atoms with E-state index >= 15 is 0 Å². The molecular weight excluding hydrogens is 264 g/mol. The highest BCUT2D eigenvalue weighted by molar-refractivity contribution is 5.80. The van der Waals surface area contributed by atoms with Crippen molar-refractivity contribution < 1.29 is 9.53 Å². The van der Waals surface area contributed by atoms with E-state index in [0.717, 1.165) is 18.4 Å². The third-order valence-corrected chi connectivity index (χ3v) is 5.74. The molecule has 0 bridgehead atoms. The molecule has 4 nitrogen and oxygen atoms in total. The summed E-state index contributed by atoms with van der Waals surface area (Å²) < 4.78 is 4.98. The van der Waals surface area contributed by atoms with Crippen LogP contribution in [0.1, 0.15) is 58.8 Å². The molecular formula is C17H32N2O2. The van der Waals surface area contributed by atoms with Crippen LogP contribution < -0.4 is 5.32 Å². The summed E-state index contributed by atoms with van der Waals surface area (Å²) in [6, 6.07) is 1.15. The number of rotatable bonds is 5. The van der Waals surface area contributed by atoms with E-state index in [9.17, 15) is 4.79 Å². The van der Waals surface area contributed by atoms with Gasteiger partial charge in [0.2, 0.25) is 0 Å². The molecule has 1 saturated heterocycles. The molecule has 122 valence electrons. The lowest BCUT2D eigenvalue weighted by atomic mass is 9.77. The van der Waals surface area contributed by atoms with E-state index < -0.39 is 5.54 Å². The number of nitrogens with zero attached hydrogens (tertiary/aromatic N) is 1. The lowest BCUT2D eigenvalue weighted by Gasteiger charge is -2.48. The molecule has 0 amide bonds. The molecule has 0 radical (unpaired) electrons. The third kappa shape index (κ3) is 3.59. The Labute approximate surface area is 129 Å². The molecule has 4 unspecified atom stereocenters. The molecule has 0 aromatic rings. The maximum absolute atomic E-state index is 12.1. The average Bonchev–Trinajstić information content (AvgIpc) is 2.53. The van der Waals surface area contributed by atoms with Crippen LogP contribution in [-0.2, 0) is 9.53 Å². The zero-order valence-corrected chi connectivity index (χ0v) is 14.2. The molecule has 2 rings (SSSR count). The fourth-order valence-corrected chi connectivity index (χ4v) is 4.43. The van der Waals surface area contributed by atoms with Gasteiger partial charge in [0.25, 0.3) is 0 Å². The Morgan fingerprint density at radius 3 is 2.67 bits per heavy atom. The van der Waals surface area contributed by atoms with Gasteiger partial charge in [0, 0.05) is 12.1 Å². The third-order valence-electron chi connectivity index (χ3n) is 5.74. The van der Waals surface area contributed by atoms with Crippen LogP contribution in [0.25, 0.3) is 0 Å². The van der Waals surface area contributed by atoms with Crippen molar-refractivity contribution in [1.29, 1.82) is 0 Å². The number of likely N-dealkylation sites (N-methyl/N-ethyl adjacent to an activating group) is 1. The number of carbonyl (C=O) groups excluding carboxylic acids is 1. The SMILES string of the molecule is CNC(C)(CC(C)N1CCCC2CCCCC21)C(=O)OC. The molecule has 1 aliphatic heterocycles. The smallest absolute Gasteiger partial charge is 0.325 e. The van der Waals surface area contributed by atoms with Gasteiger partial charge in [-0.1, -0.05) is 12.8 Å². The van der Waals surface area contributed by atoms with Crippen molar-refractivity contribution in [2.75, 3.05) is 20.7 Å². The first-order valence-electron chi connectivity index (χ1n) is 8.55. The summed E-state index contributed by atoms with van der Waals surface area (Å²) in [6.45, 7) is 5.41. The topological polar surface area (TPSA) is 41.6 Å². The number of hydrogen-bond acceptors (Lipinski definition) is 4. The lowest BCUT2D eigenvalue weighted by molar-refractivity contribution is -0.148. The Bertz CT molecular complexity index is 359. The Hall–Kier alpha value is -0.610.